The normalized spacial score (nSPS) is 11.6. The third kappa shape index (κ3) is 9.59. The molecule has 0 unspecified atom stereocenters. The summed E-state index contributed by atoms with van der Waals surface area (Å²) in [5, 5.41) is 30.2. The van der Waals surface area contributed by atoms with E-state index >= 15 is 0 Å². The predicted molar refractivity (Wildman–Crippen MR) is 368 cm³/mol. The van der Waals surface area contributed by atoms with Gasteiger partial charge in [-0.3, -0.25) is 0 Å². The molecule has 88 heavy (non-hydrogen) atoms. The van der Waals surface area contributed by atoms with E-state index in [9.17, 15) is 0 Å². The largest absolute Gasteiger partial charge is 0.488 e. The van der Waals surface area contributed by atoms with Crippen LogP contribution in [0.2, 0.25) is 5.02 Å². The molecule has 12 aromatic carbocycles. The maximum Gasteiger partial charge on any atom is 0.488 e. The molecule has 18 aromatic rings. The first-order valence-corrected chi connectivity index (χ1v) is 30.7. The quantitative estimate of drug-likeness (QED) is 0.158. The zero-order valence-electron chi connectivity index (χ0n) is 46.7. The molecule has 18 rings (SSSR count). The van der Waals surface area contributed by atoms with Crippen LogP contribution >= 0.6 is 34.3 Å². The lowest BCUT2D eigenvalue weighted by molar-refractivity contribution is 0.426. The van der Waals surface area contributed by atoms with Crippen molar-refractivity contribution in [2.24, 2.45) is 0 Å². The van der Waals surface area contributed by atoms with Crippen LogP contribution in [-0.4, -0.2) is 37.1 Å². The highest BCUT2D eigenvalue weighted by Gasteiger charge is 2.20. The second-order valence-electron chi connectivity index (χ2n) is 21.6. The number of hydrogen-bond acceptors (Lipinski definition) is 10. The van der Waals surface area contributed by atoms with Crippen molar-refractivity contribution in [3.8, 4) is 55.9 Å². The number of halogens is 1. The smallest absolute Gasteiger partial charge is 0.452 e. The standard InChI is InChI=1S/C38H22N2OS.C28H15ClN2OS.C10H9BO2/c1-2-8-24-19-25(16-15-23(24)7-1)26-17-18-33-32(21-26)36-37(41-33)35(39-22-40-36)28-10-5-9-27(20-28)29-12-6-13-31-30-11-3-4-14-34(30)42-38(29)31;29-18-11-12-23-22(14-18)26-27(32-23)25(30-15-31-26)17-6-3-5-16(13-17)19-8-4-9-21-20-7-1-2-10-24(20)33-28(19)21;12-11(13)10-6-5-8-3-1-2-4-9(8)7-10/h1-22H;1-15H;1-7,12-13H. The maximum atomic E-state index is 8.94. The molecule has 6 aromatic heterocycles. The Morgan fingerprint density at radius 3 is 1.38 bits per heavy atom. The molecule has 6 heterocycles. The monoisotopic (exact) mass is 1190 g/mol. The van der Waals surface area contributed by atoms with Gasteiger partial charge >= 0.3 is 7.12 Å². The third-order valence-corrected chi connectivity index (χ3v) is 19.0. The van der Waals surface area contributed by atoms with Gasteiger partial charge in [0.1, 0.15) is 46.2 Å². The van der Waals surface area contributed by atoms with Crippen molar-refractivity contribution in [3.05, 3.63) is 272 Å². The van der Waals surface area contributed by atoms with Crippen LogP contribution in [0.1, 0.15) is 0 Å². The van der Waals surface area contributed by atoms with E-state index in [-0.39, 0.29) is 0 Å². The first-order valence-electron chi connectivity index (χ1n) is 28.7. The van der Waals surface area contributed by atoms with E-state index in [1.807, 2.05) is 77.3 Å². The highest BCUT2D eigenvalue weighted by atomic mass is 35.5. The van der Waals surface area contributed by atoms with E-state index in [4.69, 9.17) is 35.5 Å². The van der Waals surface area contributed by atoms with Crippen LogP contribution in [0.25, 0.3) is 162 Å². The van der Waals surface area contributed by atoms with Gasteiger partial charge in [-0.1, -0.05) is 206 Å². The molecule has 8 nitrogen and oxygen atoms in total. The zero-order chi connectivity index (χ0) is 58.8. The number of hydrogen-bond donors (Lipinski definition) is 2. The summed E-state index contributed by atoms with van der Waals surface area (Å²) in [6.07, 6.45) is 3.24. The van der Waals surface area contributed by atoms with E-state index < -0.39 is 7.12 Å². The Kier molecular flexibility index (Phi) is 13.4. The number of thiophene rings is 2. The number of rotatable bonds is 6. The van der Waals surface area contributed by atoms with E-state index in [1.54, 1.807) is 24.8 Å². The molecule has 0 fully saturated rings. The van der Waals surface area contributed by atoms with Gasteiger partial charge in [-0.25, -0.2) is 19.9 Å². The molecule has 416 valence electrons. The van der Waals surface area contributed by atoms with E-state index in [0.29, 0.717) is 21.7 Å². The van der Waals surface area contributed by atoms with Crippen molar-refractivity contribution in [2.45, 2.75) is 0 Å². The summed E-state index contributed by atoms with van der Waals surface area (Å²) in [6.45, 7) is 0. The fraction of sp³-hybridized carbons (Fsp3) is 0. The minimum Gasteiger partial charge on any atom is -0.452 e. The molecular formula is C76H46BClN4O4S2. The summed E-state index contributed by atoms with van der Waals surface area (Å²) in [5.41, 5.74) is 15.7. The number of fused-ring (bicyclic) bond motifs is 14. The summed E-state index contributed by atoms with van der Waals surface area (Å²) in [5.74, 6) is 0. The van der Waals surface area contributed by atoms with Crippen molar-refractivity contribution >= 4 is 153 Å². The first kappa shape index (κ1) is 53.1. The van der Waals surface area contributed by atoms with Crippen LogP contribution in [0.3, 0.4) is 0 Å². The van der Waals surface area contributed by atoms with Crippen LogP contribution in [0.4, 0.5) is 0 Å². The van der Waals surface area contributed by atoms with Crippen molar-refractivity contribution in [1.82, 2.24) is 19.9 Å². The fourth-order valence-corrected chi connectivity index (χ4v) is 14.7. The minimum absolute atomic E-state index is 0.527. The maximum absolute atomic E-state index is 8.94. The molecule has 0 bridgehead atoms. The van der Waals surface area contributed by atoms with Gasteiger partial charge in [-0.2, -0.15) is 0 Å². The van der Waals surface area contributed by atoms with E-state index in [1.165, 1.54) is 67.8 Å². The summed E-state index contributed by atoms with van der Waals surface area (Å²) >= 11 is 9.90. The van der Waals surface area contributed by atoms with E-state index in [0.717, 1.165) is 82.9 Å². The van der Waals surface area contributed by atoms with Gasteiger partial charge in [0, 0.05) is 67.3 Å². The second-order valence-corrected chi connectivity index (χ2v) is 24.2. The Labute approximate surface area is 516 Å². The number of benzene rings is 12. The van der Waals surface area contributed by atoms with E-state index in [2.05, 4.69) is 203 Å². The van der Waals surface area contributed by atoms with Crippen molar-refractivity contribution in [2.75, 3.05) is 0 Å². The summed E-state index contributed by atoms with van der Waals surface area (Å²) in [6, 6.07) is 87.5. The molecule has 0 saturated carbocycles. The van der Waals surface area contributed by atoms with Crippen molar-refractivity contribution in [1.29, 1.82) is 0 Å². The van der Waals surface area contributed by atoms with Gasteiger partial charge < -0.3 is 18.9 Å². The summed E-state index contributed by atoms with van der Waals surface area (Å²) in [7, 11) is -1.38. The van der Waals surface area contributed by atoms with Gasteiger partial charge in [-0.15, -0.1) is 22.7 Å². The minimum atomic E-state index is -1.38. The average molecular weight is 1190 g/mol. The van der Waals surface area contributed by atoms with Gasteiger partial charge in [0.2, 0.25) is 0 Å². The molecule has 12 heteroatoms. The molecule has 2 N–H and O–H groups in total. The molecule has 0 atom stereocenters. The van der Waals surface area contributed by atoms with Crippen molar-refractivity contribution < 1.29 is 18.9 Å². The number of aromatic nitrogens is 4. The molecule has 0 saturated heterocycles. The average Bonchev–Trinajstić information content (AvgIpc) is 2.77. The molecule has 0 spiro atoms. The Bertz CT molecular complexity index is 5760. The Morgan fingerprint density at radius 2 is 0.795 bits per heavy atom. The highest BCUT2D eigenvalue weighted by Crippen LogP contribution is 2.44. The summed E-state index contributed by atoms with van der Waals surface area (Å²) in [4.78, 5) is 18.5. The first-order chi connectivity index (χ1) is 43.3. The van der Waals surface area contributed by atoms with Crippen LogP contribution in [0, 0.1) is 0 Å². The predicted octanol–water partition coefficient (Wildman–Crippen LogP) is 20.1. The molecule has 0 aliphatic carbocycles. The fourth-order valence-electron chi connectivity index (χ4n) is 12.1. The zero-order valence-corrected chi connectivity index (χ0v) is 49.1. The van der Waals surface area contributed by atoms with Crippen LogP contribution in [-0.2, 0) is 0 Å². The van der Waals surface area contributed by atoms with Crippen LogP contribution in [0.15, 0.2) is 276 Å². The number of nitrogens with zero attached hydrogens (tertiary/aromatic N) is 4. The SMILES string of the molecule is Clc1ccc2oc3c(-c4cccc(-c5cccc6c5sc5ccccc56)c4)ncnc3c2c1.OB(O)c1ccc2ccccc2c1.c1cc(-c2ncnc3c2oc2ccc(-c4ccc5ccccc5c4)cc23)cc(-c2cccc3c2sc2ccccc23)c1. The van der Waals surface area contributed by atoms with Gasteiger partial charge in [-0.05, 0) is 121 Å². The Hall–Kier alpha value is -10.4. The second kappa shape index (κ2) is 22.2. The van der Waals surface area contributed by atoms with Crippen LogP contribution < -0.4 is 5.46 Å². The Morgan fingerprint density at radius 1 is 0.341 bits per heavy atom. The molecular weight excluding hydrogens is 1140 g/mol. The van der Waals surface area contributed by atoms with Gasteiger partial charge in [0.25, 0.3) is 0 Å². The highest BCUT2D eigenvalue weighted by molar-refractivity contribution is 7.26. The third-order valence-electron chi connectivity index (χ3n) is 16.3. The molecule has 0 aliphatic rings. The molecule has 0 amide bonds. The summed E-state index contributed by atoms with van der Waals surface area (Å²) < 4.78 is 17.8. The van der Waals surface area contributed by atoms with Gasteiger partial charge in [0.15, 0.2) is 11.2 Å². The lowest BCUT2D eigenvalue weighted by Crippen LogP contribution is -2.29. The van der Waals surface area contributed by atoms with Crippen LogP contribution in [0.5, 0.6) is 0 Å². The molecule has 0 radical (unpaired) electrons. The van der Waals surface area contributed by atoms with Gasteiger partial charge in [0.05, 0.1) is 0 Å². The molecule has 0 aliphatic heterocycles. The lowest BCUT2D eigenvalue weighted by Gasteiger charge is -2.07. The van der Waals surface area contributed by atoms with Crippen molar-refractivity contribution in [3.63, 3.8) is 0 Å². The lowest BCUT2D eigenvalue weighted by atomic mass is 9.79. The number of furan rings is 2. The topological polar surface area (TPSA) is 118 Å². The Balaban J connectivity index is 0.000000120.